The first-order valence-corrected chi connectivity index (χ1v) is 11.9. The van der Waals surface area contributed by atoms with Gasteiger partial charge in [-0.1, -0.05) is 32.4 Å². The lowest BCUT2D eigenvalue weighted by molar-refractivity contribution is -0.137. The molecule has 4 aliphatic rings. The average molecular weight is 399 g/mol. The third kappa shape index (κ3) is 3.43. The Labute approximate surface area is 176 Å². The molecule has 0 amide bonds. The molecule has 0 aromatic carbocycles. The molecule has 3 heteroatoms. The number of fused-ring (bicyclic) bond motifs is 5. The van der Waals surface area contributed by atoms with Gasteiger partial charge in [0.25, 0.3) is 0 Å². The number of allylic oxidation sites excluding steroid dienone is 2. The molecule has 4 unspecified atom stereocenters. The van der Waals surface area contributed by atoms with Gasteiger partial charge in [-0.3, -0.25) is 4.79 Å². The Hall–Kier alpha value is -1.38. The molecule has 3 fully saturated rings. The van der Waals surface area contributed by atoms with Crippen LogP contribution in [0.4, 0.5) is 0 Å². The number of rotatable bonds is 4. The van der Waals surface area contributed by atoms with Crippen molar-refractivity contribution in [3.05, 3.63) is 23.8 Å². The van der Waals surface area contributed by atoms with Crippen LogP contribution in [0.2, 0.25) is 0 Å². The number of carbonyl (C=O) groups is 2. The molecule has 29 heavy (non-hydrogen) atoms. The average Bonchev–Trinajstić information content (AvgIpc) is 3.04. The van der Waals surface area contributed by atoms with Crippen LogP contribution in [0.5, 0.6) is 0 Å². The van der Waals surface area contributed by atoms with Crippen molar-refractivity contribution in [3.63, 3.8) is 0 Å². The van der Waals surface area contributed by atoms with Crippen molar-refractivity contribution in [2.24, 2.45) is 40.4 Å². The number of hydrogen-bond acceptors (Lipinski definition) is 3. The zero-order chi connectivity index (χ0) is 20.8. The fraction of sp³-hybridized carbons (Fsp3) is 0.769. The predicted molar refractivity (Wildman–Crippen MR) is 115 cm³/mol. The maximum Gasteiger partial charge on any atom is 0.330 e. The highest BCUT2D eigenvalue weighted by atomic mass is 16.5. The Kier molecular flexibility index (Phi) is 5.55. The van der Waals surface area contributed by atoms with Crippen LogP contribution in [0.25, 0.3) is 0 Å². The minimum absolute atomic E-state index is 0.214. The van der Waals surface area contributed by atoms with Gasteiger partial charge in [-0.15, -0.1) is 0 Å². The summed E-state index contributed by atoms with van der Waals surface area (Å²) in [4.78, 5) is 23.8. The van der Waals surface area contributed by atoms with Gasteiger partial charge in [0.15, 0.2) is 5.78 Å². The van der Waals surface area contributed by atoms with E-state index in [1.54, 1.807) is 6.08 Å². The standard InChI is InChI=1S/C26H38O3/c1-5-29-24(28)11-6-17(2)21-9-10-22-20-8-7-18-16-19(27)12-14-25(18,3)23(20)13-15-26(21,22)4/h6,11,16-17,20-23H,5,7-10,12-15H2,1-4H3/b11-6+/t17-,20?,21?,22?,23?,25+,26-/m1/s1. The van der Waals surface area contributed by atoms with Gasteiger partial charge in [-0.2, -0.15) is 0 Å². The van der Waals surface area contributed by atoms with E-state index >= 15 is 0 Å². The smallest absolute Gasteiger partial charge is 0.330 e. The molecule has 0 aromatic rings. The quantitative estimate of drug-likeness (QED) is 0.438. The van der Waals surface area contributed by atoms with Crippen LogP contribution in [0.15, 0.2) is 23.8 Å². The summed E-state index contributed by atoms with van der Waals surface area (Å²) in [5, 5.41) is 0. The Bertz CT molecular complexity index is 734. The highest BCUT2D eigenvalue weighted by molar-refractivity contribution is 5.91. The van der Waals surface area contributed by atoms with Crippen LogP contribution in [0.3, 0.4) is 0 Å². The molecular weight excluding hydrogens is 360 g/mol. The molecule has 3 saturated carbocycles. The Balaban J connectivity index is 1.52. The number of esters is 1. The van der Waals surface area contributed by atoms with Gasteiger partial charge in [0, 0.05) is 12.5 Å². The molecule has 4 aliphatic carbocycles. The summed E-state index contributed by atoms with van der Waals surface area (Å²) in [7, 11) is 0. The molecule has 0 N–H and O–H groups in total. The second-order valence-corrected chi connectivity index (χ2v) is 10.7. The van der Waals surface area contributed by atoms with Crippen molar-refractivity contribution in [2.45, 2.75) is 79.1 Å². The largest absolute Gasteiger partial charge is 0.463 e. The number of hydrogen-bond donors (Lipinski definition) is 0. The maximum atomic E-state index is 12.0. The molecule has 160 valence electrons. The Morgan fingerprint density at radius 2 is 1.97 bits per heavy atom. The topological polar surface area (TPSA) is 43.4 Å². The lowest BCUT2D eigenvalue weighted by Crippen LogP contribution is -2.50. The van der Waals surface area contributed by atoms with Crippen LogP contribution in [0.1, 0.15) is 79.1 Å². The summed E-state index contributed by atoms with van der Waals surface area (Å²) in [6.07, 6.45) is 15.1. The summed E-state index contributed by atoms with van der Waals surface area (Å²) in [6, 6.07) is 0. The van der Waals surface area contributed by atoms with E-state index in [0.29, 0.717) is 29.6 Å². The SMILES string of the molecule is CCOC(=O)/C=C/[C@@H](C)C1CCC2C3CCC4=CC(=O)CC[C@]4(C)C3CC[C@@]21C. The zero-order valence-electron chi connectivity index (χ0n) is 18.7. The van der Waals surface area contributed by atoms with Crippen LogP contribution in [0, 0.1) is 40.4 Å². The molecule has 0 spiro atoms. The number of carbonyl (C=O) groups excluding carboxylic acids is 2. The molecule has 7 atom stereocenters. The predicted octanol–water partition coefficient (Wildman–Crippen LogP) is 5.89. The van der Waals surface area contributed by atoms with Crippen molar-refractivity contribution >= 4 is 11.8 Å². The first-order valence-electron chi connectivity index (χ1n) is 11.9. The second-order valence-electron chi connectivity index (χ2n) is 10.7. The van der Waals surface area contributed by atoms with Crippen LogP contribution >= 0.6 is 0 Å². The first kappa shape index (κ1) is 20.9. The van der Waals surface area contributed by atoms with E-state index in [4.69, 9.17) is 4.74 Å². The fourth-order valence-corrected chi connectivity index (χ4v) is 8.02. The van der Waals surface area contributed by atoms with E-state index in [2.05, 4.69) is 26.8 Å². The van der Waals surface area contributed by atoms with E-state index in [9.17, 15) is 9.59 Å². The Morgan fingerprint density at radius 3 is 2.72 bits per heavy atom. The normalized spacial score (nSPS) is 42.6. The van der Waals surface area contributed by atoms with E-state index in [-0.39, 0.29) is 11.4 Å². The zero-order valence-corrected chi connectivity index (χ0v) is 18.7. The molecule has 0 aromatic heterocycles. The highest BCUT2D eigenvalue weighted by Gasteiger charge is 2.59. The molecule has 0 radical (unpaired) electrons. The van der Waals surface area contributed by atoms with Crippen molar-refractivity contribution in [1.82, 2.24) is 0 Å². The van der Waals surface area contributed by atoms with Crippen molar-refractivity contribution in [1.29, 1.82) is 0 Å². The third-order valence-corrected chi connectivity index (χ3v) is 9.49. The summed E-state index contributed by atoms with van der Waals surface area (Å²) in [6.45, 7) is 9.57. The first-order chi connectivity index (χ1) is 13.8. The third-order valence-electron chi connectivity index (χ3n) is 9.49. The lowest BCUT2D eigenvalue weighted by atomic mass is 9.46. The minimum atomic E-state index is -0.214. The van der Waals surface area contributed by atoms with Crippen LogP contribution in [-0.2, 0) is 14.3 Å². The van der Waals surface area contributed by atoms with Gasteiger partial charge >= 0.3 is 5.97 Å². The van der Waals surface area contributed by atoms with E-state index in [1.165, 1.54) is 37.7 Å². The number of ketones is 1. The summed E-state index contributed by atoms with van der Waals surface area (Å²) < 4.78 is 5.07. The number of ether oxygens (including phenoxy) is 1. The summed E-state index contributed by atoms with van der Waals surface area (Å²) in [5.74, 6) is 3.53. The van der Waals surface area contributed by atoms with Crippen LogP contribution in [-0.4, -0.2) is 18.4 Å². The van der Waals surface area contributed by atoms with Crippen molar-refractivity contribution in [3.8, 4) is 0 Å². The van der Waals surface area contributed by atoms with Gasteiger partial charge in [0.05, 0.1) is 6.61 Å². The van der Waals surface area contributed by atoms with Crippen molar-refractivity contribution in [2.75, 3.05) is 6.61 Å². The second kappa shape index (κ2) is 7.71. The molecule has 0 bridgehead atoms. The summed E-state index contributed by atoms with van der Waals surface area (Å²) in [5.41, 5.74) is 2.09. The monoisotopic (exact) mass is 398 g/mol. The summed E-state index contributed by atoms with van der Waals surface area (Å²) >= 11 is 0. The molecule has 0 heterocycles. The minimum Gasteiger partial charge on any atom is -0.463 e. The van der Waals surface area contributed by atoms with E-state index in [1.807, 2.05) is 13.0 Å². The highest BCUT2D eigenvalue weighted by Crippen LogP contribution is 2.67. The molecular formula is C26H38O3. The van der Waals surface area contributed by atoms with Gasteiger partial charge < -0.3 is 4.74 Å². The molecule has 3 nitrogen and oxygen atoms in total. The van der Waals surface area contributed by atoms with E-state index < -0.39 is 0 Å². The lowest BCUT2D eigenvalue weighted by Gasteiger charge is -2.58. The van der Waals surface area contributed by atoms with Gasteiger partial charge in [-0.05, 0) is 98.4 Å². The fourth-order valence-electron chi connectivity index (χ4n) is 8.02. The maximum absolute atomic E-state index is 12.0. The van der Waals surface area contributed by atoms with Crippen molar-refractivity contribution < 1.29 is 14.3 Å². The molecule has 0 aliphatic heterocycles. The van der Waals surface area contributed by atoms with E-state index in [0.717, 1.165) is 37.0 Å². The molecule has 4 rings (SSSR count). The Morgan fingerprint density at radius 1 is 1.17 bits per heavy atom. The van der Waals surface area contributed by atoms with Crippen LogP contribution < -0.4 is 0 Å². The van der Waals surface area contributed by atoms with Gasteiger partial charge in [0.1, 0.15) is 0 Å². The van der Waals surface area contributed by atoms with Gasteiger partial charge in [0.2, 0.25) is 0 Å². The molecule has 0 saturated heterocycles. The van der Waals surface area contributed by atoms with Gasteiger partial charge in [-0.25, -0.2) is 4.79 Å².